The van der Waals surface area contributed by atoms with Crippen molar-refractivity contribution in [3.05, 3.63) is 34.1 Å². The van der Waals surface area contributed by atoms with E-state index in [0.717, 1.165) is 0 Å². The highest BCUT2D eigenvalue weighted by atomic mass is 35.5. The zero-order valence-corrected chi connectivity index (χ0v) is 31.3. The molecule has 2 aromatic heterocycles. The first-order valence-electron chi connectivity index (χ1n) is 17.1. The topological polar surface area (TPSA) is 360 Å². The van der Waals surface area contributed by atoms with Crippen LogP contribution in [0.25, 0.3) is 0 Å². The van der Waals surface area contributed by atoms with Crippen molar-refractivity contribution in [1.82, 2.24) is 45.3 Å². The number of likely N-dealkylation sites (tertiary alicyclic amines) is 2. The van der Waals surface area contributed by atoms with Gasteiger partial charge in [0.1, 0.15) is 5.82 Å². The van der Waals surface area contributed by atoms with Crippen molar-refractivity contribution in [3.8, 4) is 0 Å². The molecule has 16 N–H and O–H groups in total. The Morgan fingerprint density at radius 3 is 1.55 bits per heavy atom. The number of morpholine rings is 1. The summed E-state index contributed by atoms with van der Waals surface area (Å²) in [6.07, 6.45) is 2.33. The number of hydrogen-bond acceptors (Lipinski definition) is 15. The van der Waals surface area contributed by atoms with Crippen LogP contribution >= 0.6 is 23.2 Å². The normalized spacial score (nSPS) is 18.3. The summed E-state index contributed by atoms with van der Waals surface area (Å²) in [6, 6.07) is -0.404. The van der Waals surface area contributed by atoms with Crippen molar-refractivity contribution < 1.29 is 14.3 Å². The van der Waals surface area contributed by atoms with E-state index in [1.807, 2.05) is 14.7 Å². The number of aromatic nitrogens is 4. The third-order valence-corrected chi connectivity index (χ3v) is 9.28. The van der Waals surface area contributed by atoms with Crippen molar-refractivity contribution in [2.75, 3.05) is 75.4 Å². The van der Waals surface area contributed by atoms with Crippen LogP contribution in [0.1, 0.15) is 46.7 Å². The highest BCUT2D eigenvalue weighted by Crippen LogP contribution is 2.22. The Morgan fingerprint density at radius 2 is 1.09 bits per heavy atom. The maximum absolute atomic E-state index is 12.7. The van der Waals surface area contributed by atoms with E-state index in [1.54, 1.807) is 0 Å². The van der Waals surface area contributed by atoms with Gasteiger partial charge in [-0.2, -0.15) is 9.98 Å². The minimum Gasteiger partial charge on any atom is -0.382 e. The largest absolute Gasteiger partial charge is 0.382 e. The Morgan fingerprint density at radius 1 is 0.655 bits per heavy atom. The molecule has 0 radical (unpaired) electrons. The Bertz CT molecular complexity index is 1900. The van der Waals surface area contributed by atoms with Crippen LogP contribution in [0.3, 0.4) is 0 Å². The number of carbonyl (C=O) groups is 2. The van der Waals surface area contributed by atoms with E-state index < -0.39 is 11.8 Å². The van der Waals surface area contributed by atoms with Crippen molar-refractivity contribution in [1.29, 1.82) is 0 Å². The molecule has 296 valence electrons. The molecule has 55 heavy (non-hydrogen) atoms. The Hall–Kier alpha value is -5.94. The van der Waals surface area contributed by atoms with Crippen LogP contribution < -0.4 is 50.8 Å². The summed E-state index contributed by atoms with van der Waals surface area (Å²) in [7, 11) is 0. The Kier molecular flexibility index (Phi) is 13.1. The van der Waals surface area contributed by atoms with Gasteiger partial charge in [0.25, 0.3) is 11.8 Å². The van der Waals surface area contributed by atoms with Crippen molar-refractivity contribution in [2.24, 2.45) is 37.2 Å². The first kappa shape index (κ1) is 40.2. The summed E-state index contributed by atoms with van der Waals surface area (Å²) in [4.78, 5) is 65.2. The molecule has 0 spiro atoms. The third kappa shape index (κ3) is 10.6. The molecule has 0 aromatic carbocycles. The molecule has 0 bridgehead atoms. The van der Waals surface area contributed by atoms with Gasteiger partial charge >= 0.3 is 0 Å². The fourth-order valence-electron chi connectivity index (χ4n) is 5.79. The molecule has 25 heteroatoms. The minimum atomic E-state index is -0.724. The van der Waals surface area contributed by atoms with Gasteiger partial charge in [-0.1, -0.05) is 29.8 Å². The number of nitrogens with zero attached hydrogens (tertiary/aromatic N) is 11. The lowest BCUT2D eigenvalue weighted by molar-refractivity contribution is 0.0675. The monoisotopic (exact) mass is 802 g/mol. The molecule has 0 saturated carbocycles. The molecule has 2 aromatic rings. The second-order valence-electron chi connectivity index (χ2n) is 12.5. The van der Waals surface area contributed by atoms with Gasteiger partial charge in [0.05, 0.1) is 25.3 Å². The van der Waals surface area contributed by atoms with Crippen LogP contribution in [0.15, 0.2) is 32.4 Å². The number of nitrogens with one attached hydrogen (secondary N) is 2. The highest BCUT2D eigenvalue weighted by molar-refractivity contribution is 6.32. The molecule has 3 fully saturated rings. The molecule has 0 unspecified atom stereocenters. The second kappa shape index (κ2) is 17.9. The molecule has 0 aliphatic carbocycles. The predicted molar refractivity (Wildman–Crippen MR) is 210 cm³/mol. The molecule has 23 nitrogen and oxygen atoms in total. The number of piperidine rings is 2. The summed E-state index contributed by atoms with van der Waals surface area (Å²) in [6.45, 7) is 8.62. The molecule has 3 saturated heterocycles. The van der Waals surface area contributed by atoms with Crippen LogP contribution in [-0.2, 0) is 4.74 Å². The number of aliphatic imine (C=N–C) groups is 4. The van der Waals surface area contributed by atoms with Crippen molar-refractivity contribution in [2.45, 2.75) is 37.8 Å². The number of carbonyl (C=O) groups excluding carboxylic acids is 2. The maximum Gasteiger partial charge on any atom is 0.280 e. The van der Waals surface area contributed by atoms with Crippen molar-refractivity contribution >= 4 is 82.1 Å². The summed E-state index contributed by atoms with van der Waals surface area (Å²) in [5, 5.41) is 4.62. The summed E-state index contributed by atoms with van der Waals surface area (Å²) >= 11 is 11.8. The van der Waals surface area contributed by atoms with Gasteiger partial charge in [-0.25, -0.2) is 29.9 Å². The average Bonchev–Trinajstić information content (AvgIpc) is 3.15. The molecule has 2 amide bonds. The first-order chi connectivity index (χ1) is 26.2. The summed E-state index contributed by atoms with van der Waals surface area (Å²) in [5.74, 6) is -1.05. The van der Waals surface area contributed by atoms with E-state index in [4.69, 9.17) is 78.1 Å². The third-order valence-electron chi connectivity index (χ3n) is 8.72. The fraction of sp³-hybridized carbons (Fsp3) is 0.467. The molecule has 3 aliphatic rings. The van der Waals surface area contributed by atoms with Gasteiger partial charge in [-0.05, 0) is 25.7 Å². The SMILES string of the molecule is C=C(N=C(N=C(N)N1CCOCC1)N1CCC(N=C(N)NC(=O)c2nc(Cl)c(N)nc2N)CC1)N1CCC(N=C(N)NC(=O)c2nc(Cl)c(N)nc2N)CC1. The molecule has 3 aliphatic heterocycles. The van der Waals surface area contributed by atoms with E-state index in [0.29, 0.717) is 95.9 Å². The smallest absolute Gasteiger partial charge is 0.280 e. The van der Waals surface area contributed by atoms with E-state index in [9.17, 15) is 9.59 Å². The summed E-state index contributed by atoms with van der Waals surface area (Å²) in [5.41, 5.74) is 40.8. The standard InChI is InChI=1S/C30H44Cl2N20O3/c1-14(50-6-2-15(3-7-50)41-27(37)47-25(53)17-21(33)45-23(35)19(31)43-17)40-30(49-29(39)51-10-12-55-13-11-51)52-8-4-16(5-9-52)42-28(38)48-26(54)18-22(34)46-24(36)20(32)44-18/h15-16H,1-13H2,(H4,33,35,45)(H4,34,36,46)(H2,39,40,49)(H3,37,41,47,53)(H3,38,42,48,54). The fourth-order valence-corrected chi connectivity index (χ4v) is 6.05. The zero-order valence-electron chi connectivity index (χ0n) is 29.8. The van der Waals surface area contributed by atoms with Gasteiger partial charge in [-0.3, -0.25) is 20.2 Å². The predicted octanol–water partition coefficient (Wildman–Crippen LogP) is -1.91. The highest BCUT2D eigenvalue weighted by Gasteiger charge is 2.26. The molecular formula is C30H44Cl2N20O3. The molecule has 5 rings (SSSR count). The van der Waals surface area contributed by atoms with Crippen LogP contribution in [0.4, 0.5) is 23.3 Å². The number of nitrogen functional groups attached to an aromatic ring is 4. The van der Waals surface area contributed by atoms with Gasteiger partial charge in [0.15, 0.2) is 62.8 Å². The first-order valence-corrected chi connectivity index (χ1v) is 17.8. The Balaban J connectivity index is 1.20. The van der Waals surface area contributed by atoms with Crippen LogP contribution in [-0.4, -0.2) is 135 Å². The van der Waals surface area contributed by atoms with Crippen LogP contribution in [0.2, 0.25) is 10.3 Å². The Labute approximate surface area is 325 Å². The van der Waals surface area contributed by atoms with Crippen LogP contribution in [0.5, 0.6) is 0 Å². The maximum atomic E-state index is 12.7. The number of guanidine groups is 4. The van der Waals surface area contributed by atoms with Crippen LogP contribution in [0, 0.1) is 0 Å². The number of hydrogen-bond donors (Lipinski definition) is 9. The second-order valence-corrected chi connectivity index (χ2v) is 13.3. The lowest BCUT2D eigenvalue weighted by Crippen LogP contribution is -2.47. The lowest BCUT2D eigenvalue weighted by Gasteiger charge is -2.34. The van der Waals surface area contributed by atoms with E-state index in [1.165, 1.54) is 0 Å². The number of amides is 2. The molecule has 0 atom stereocenters. The summed E-state index contributed by atoms with van der Waals surface area (Å²) < 4.78 is 5.46. The number of anilines is 4. The average molecular weight is 804 g/mol. The number of ether oxygens (including phenoxy) is 1. The van der Waals surface area contributed by atoms with Gasteiger partial charge in [-0.15, -0.1) is 0 Å². The minimum absolute atomic E-state index is 0.0969. The quantitative estimate of drug-likeness (QED) is 0.114. The number of nitrogens with two attached hydrogens (primary N) is 7. The zero-order chi connectivity index (χ0) is 39.8. The molecule has 5 heterocycles. The lowest BCUT2D eigenvalue weighted by atomic mass is 10.1. The van der Waals surface area contributed by atoms with Gasteiger partial charge in [0, 0.05) is 39.3 Å². The number of rotatable bonds is 6. The van der Waals surface area contributed by atoms with Crippen molar-refractivity contribution in [3.63, 3.8) is 0 Å². The molecular weight excluding hydrogens is 759 g/mol. The van der Waals surface area contributed by atoms with Gasteiger partial charge in [0.2, 0.25) is 5.96 Å². The van der Waals surface area contributed by atoms with E-state index in [-0.39, 0.29) is 69.0 Å². The van der Waals surface area contributed by atoms with Gasteiger partial charge < -0.3 is 59.6 Å². The number of halogens is 2. The van der Waals surface area contributed by atoms with E-state index >= 15 is 0 Å². The van der Waals surface area contributed by atoms with E-state index in [2.05, 4.69) is 47.1 Å².